The van der Waals surface area contributed by atoms with E-state index in [0.29, 0.717) is 0 Å². The van der Waals surface area contributed by atoms with Crippen LogP contribution in [0.15, 0.2) is 16.9 Å². The molecule has 0 fully saturated rings. The Hall–Kier alpha value is -1.38. The standard InChI is InChI=1S/C8H11N3.2C2H6/c1-6(9-3)4-8-5-10-11-7(8)2;2*1-2/h4-5H,3H2,1-2H3,(H,10,11);2*1-2H3/b6-4-;;. The fraction of sp³-hybridized carbons (Fsp3) is 0.500. The first-order valence-electron chi connectivity index (χ1n) is 5.39. The summed E-state index contributed by atoms with van der Waals surface area (Å²) in [6.07, 6.45) is 3.70. The summed E-state index contributed by atoms with van der Waals surface area (Å²) in [6.45, 7) is 15.3. The van der Waals surface area contributed by atoms with E-state index in [1.807, 2.05) is 47.6 Å². The Bertz CT molecular complexity index is 285. The highest BCUT2D eigenvalue weighted by Gasteiger charge is 1.94. The lowest BCUT2D eigenvalue weighted by molar-refractivity contribution is 1.05. The van der Waals surface area contributed by atoms with Gasteiger partial charge in [-0.05, 0) is 26.6 Å². The van der Waals surface area contributed by atoms with Gasteiger partial charge in [0.2, 0.25) is 0 Å². The average Bonchev–Trinajstić information content (AvgIpc) is 2.70. The van der Waals surface area contributed by atoms with Crippen molar-refractivity contribution in [2.24, 2.45) is 4.99 Å². The van der Waals surface area contributed by atoms with Crippen molar-refractivity contribution >= 4 is 12.8 Å². The molecule has 86 valence electrons. The van der Waals surface area contributed by atoms with E-state index in [1.165, 1.54) is 0 Å². The van der Waals surface area contributed by atoms with Crippen LogP contribution in [0.1, 0.15) is 45.9 Å². The number of allylic oxidation sites excluding steroid dienone is 1. The number of aromatic amines is 1. The summed E-state index contributed by atoms with van der Waals surface area (Å²) < 4.78 is 0. The molecule has 0 unspecified atom stereocenters. The molecule has 1 rings (SSSR count). The Labute approximate surface area is 93.3 Å². The van der Waals surface area contributed by atoms with Gasteiger partial charge in [-0.15, -0.1) is 0 Å². The molecule has 3 heteroatoms. The summed E-state index contributed by atoms with van der Waals surface area (Å²) in [4.78, 5) is 3.77. The zero-order valence-electron chi connectivity index (χ0n) is 10.8. The molecule has 0 aliphatic carbocycles. The number of aryl methyl sites for hydroxylation is 1. The lowest BCUT2D eigenvalue weighted by Crippen LogP contribution is -1.75. The van der Waals surface area contributed by atoms with Gasteiger partial charge >= 0.3 is 0 Å². The maximum Gasteiger partial charge on any atom is 0.0563 e. The zero-order chi connectivity index (χ0) is 12.3. The molecule has 0 amide bonds. The molecule has 3 nitrogen and oxygen atoms in total. The minimum Gasteiger partial charge on any atom is -0.282 e. The molecule has 1 N–H and O–H groups in total. The summed E-state index contributed by atoms with van der Waals surface area (Å²) >= 11 is 0. The quantitative estimate of drug-likeness (QED) is 0.739. The number of nitrogens with one attached hydrogen (secondary N) is 1. The summed E-state index contributed by atoms with van der Waals surface area (Å²) in [5.41, 5.74) is 3.01. The van der Waals surface area contributed by atoms with Crippen molar-refractivity contribution in [1.29, 1.82) is 0 Å². The van der Waals surface area contributed by atoms with Crippen molar-refractivity contribution in [2.45, 2.75) is 41.5 Å². The number of aromatic nitrogens is 2. The third-order valence-corrected chi connectivity index (χ3v) is 1.48. The molecular formula is C12H23N3. The topological polar surface area (TPSA) is 41.0 Å². The summed E-state index contributed by atoms with van der Waals surface area (Å²) in [7, 11) is 0. The number of rotatable bonds is 2. The van der Waals surface area contributed by atoms with Crippen LogP contribution in [-0.2, 0) is 0 Å². The lowest BCUT2D eigenvalue weighted by atomic mass is 10.2. The number of hydrogen-bond acceptors (Lipinski definition) is 2. The van der Waals surface area contributed by atoms with Crippen LogP contribution in [0.25, 0.3) is 6.08 Å². The summed E-state index contributed by atoms with van der Waals surface area (Å²) in [5, 5.41) is 6.72. The van der Waals surface area contributed by atoms with Gasteiger partial charge in [0.05, 0.1) is 6.20 Å². The van der Waals surface area contributed by atoms with E-state index < -0.39 is 0 Å². The van der Waals surface area contributed by atoms with Crippen molar-refractivity contribution in [3.63, 3.8) is 0 Å². The highest BCUT2D eigenvalue weighted by molar-refractivity contribution is 5.54. The predicted octanol–water partition coefficient (Wildman–Crippen LogP) is 3.83. The first-order valence-corrected chi connectivity index (χ1v) is 5.39. The van der Waals surface area contributed by atoms with Gasteiger partial charge in [0.1, 0.15) is 0 Å². The molecule has 0 saturated heterocycles. The molecule has 1 aromatic rings. The van der Waals surface area contributed by atoms with Crippen LogP contribution in [-0.4, -0.2) is 16.9 Å². The van der Waals surface area contributed by atoms with Gasteiger partial charge in [0.15, 0.2) is 0 Å². The maximum absolute atomic E-state index is 3.88. The maximum atomic E-state index is 3.88. The SMILES string of the molecule is C=N/C(C)=C\c1cn[nH]c1C.CC.CC. The third kappa shape index (κ3) is 6.66. The second-order valence-corrected chi connectivity index (χ2v) is 2.39. The van der Waals surface area contributed by atoms with E-state index in [2.05, 4.69) is 21.9 Å². The van der Waals surface area contributed by atoms with E-state index in [-0.39, 0.29) is 0 Å². The third-order valence-electron chi connectivity index (χ3n) is 1.48. The number of hydrogen-bond donors (Lipinski definition) is 1. The molecule has 15 heavy (non-hydrogen) atoms. The van der Waals surface area contributed by atoms with Gasteiger partial charge in [-0.2, -0.15) is 5.10 Å². The van der Waals surface area contributed by atoms with Gasteiger partial charge in [-0.25, -0.2) is 0 Å². The molecule has 0 aliphatic heterocycles. The highest BCUT2D eigenvalue weighted by Crippen LogP contribution is 2.08. The van der Waals surface area contributed by atoms with E-state index in [9.17, 15) is 0 Å². The van der Waals surface area contributed by atoms with Crippen LogP contribution < -0.4 is 0 Å². The molecule has 0 radical (unpaired) electrons. The van der Waals surface area contributed by atoms with Crippen molar-refractivity contribution in [1.82, 2.24) is 10.2 Å². The average molecular weight is 209 g/mol. The number of aliphatic imine (C=N–C) groups is 1. The van der Waals surface area contributed by atoms with Gasteiger partial charge < -0.3 is 0 Å². The first kappa shape index (κ1) is 16.1. The van der Waals surface area contributed by atoms with Crippen LogP contribution in [0, 0.1) is 6.92 Å². The van der Waals surface area contributed by atoms with E-state index >= 15 is 0 Å². The van der Waals surface area contributed by atoms with Crippen molar-refractivity contribution in [2.75, 3.05) is 0 Å². The fourth-order valence-electron chi connectivity index (χ4n) is 0.776. The molecular weight excluding hydrogens is 186 g/mol. The Morgan fingerprint density at radius 3 is 2.27 bits per heavy atom. The normalized spacial score (nSPS) is 9.33. The molecule has 0 spiro atoms. The van der Waals surface area contributed by atoms with Crippen molar-refractivity contribution in [3.8, 4) is 0 Å². The van der Waals surface area contributed by atoms with Crippen LogP contribution in [0.5, 0.6) is 0 Å². The first-order chi connectivity index (χ1) is 7.24. The van der Waals surface area contributed by atoms with Gasteiger partial charge in [0.25, 0.3) is 0 Å². The summed E-state index contributed by atoms with van der Waals surface area (Å²) in [5.74, 6) is 0. The fourth-order valence-corrected chi connectivity index (χ4v) is 0.776. The van der Waals surface area contributed by atoms with Crippen LogP contribution in [0.3, 0.4) is 0 Å². The molecule has 0 bridgehead atoms. The minimum atomic E-state index is 0.898. The highest BCUT2D eigenvalue weighted by atomic mass is 15.1. The number of nitrogens with zero attached hydrogens (tertiary/aromatic N) is 2. The Morgan fingerprint density at radius 1 is 1.40 bits per heavy atom. The number of H-pyrrole nitrogens is 1. The van der Waals surface area contributed by atoms with Gasteiger partial charge in [-0.3, -0.25) is 10.1 Å². The monoisotopic (exact) mass is 209 g/mol. The van der Waals surface area contributed by atoms with Crippen LogP contribution in [0.2, 0.25) is 0 Å². The minimum absolute atomic E-state index is 0.898. The van der Waals surface area contributed by atoms with E-state index in [1.54, 1.807) is 6.20 Å². The second-order valence-electron chi connectivity index (χ2n) is 2.39. The smallest absolute Gasteiger partial charge is 0.0563 e. The van der Waals surface area contributed by atoms with E-state index in [0.717, 1.165) is 17.0 Å². The Kier molecular flexibility index (Phi) is 11.5. The molecule has 0 saturated carbocycles. The Balaban J connectivity index is 0. The largest absolute Gasteiger partial charge is 0.282 e. The Morgan fingerprint density at radius 2 is 1.93 bits per heavy atom. The van der Waals surface area contributed by atoms with E-state index in [4.69, 9.17) is 0 Å². The molecule has 0 aromatic carbocycles. The molecule has 1 aromatic heterocycles. The lowest BCUT2D eigenvalue weighted by Gasteiger charge is -1.89. The van der Waals surface area contributed by atoms with Gasteiger partial charge in [0, 0.05) is 17.0 Å². The van der Waals surface area contributed by atoms with Gasteiger partial charge in [-0.1, -0.05) is 27.7 Å². The predicted molar refractivity (Wildman–Crippen MR) is 69.2 cm³/mol. The second kappa shape index (κ2) is 10.7. The summed E-state index contributed by atoms with van der Waals surface area (Å²) in [6, 6.07) is 0. The molecule has 0 atom stereocenters. The van der Waals surface area contributed by atoms with Crippen LogP contribution >= 0.6 is 0 Å². The van der Waals surface area contributed by atoms with Crippen molar-refractivity contribution < 1.29 is 0 Å². The van der Waals surface area contributed by atoms with Crippen molar-refractivity contribution in [3.05, 3.63) is 23.2 Å². The molecule has 0 aliphatic rings. The molecule has 1 heterocycles. The zero-order valence-corrected chi connectivity index (χ0v) is 10.8. The van der Waals surface area contributed by atoms with Crippen LogP contribution in [0.4, 0.5) is 0 Å².